The lowest BCUT2D eigenvalue weighted by Crippen LogP contribution is -2.65. The van der Waals surface area contributed by atoms with Crippen molar-refractivity contribution in [1.29, 1.82) is 0 Å². The number of benzene rings is 1. The summed E-state index contributed by atoms with van der Waals surface area (Å²) in [4.78, 5) is 12.3. The molecule has 24 heavy (non-hydrogen) atoms. The summed E-state index contributed by atoms with van der Waals surface area (Å²) in [5.74, 6) is -0.619. The number of amides is 1. The fourth-order valence-electron chi connectivity index (χ4n) is 2.48. The van der Waals surface area contributed by atoms with Gasteiger partial charge < -0.3 is 41.3 Å². The Labute approximate surface area is 139 Å². The number of phenolic OH excluding ortho intramolecular Hbond substituents is 1. The standard InChI is InChI=1S/C15H22N2O7/c16-9(5-7-1-3-8(19)4-2-7)14(22)17-11-13(21)12(20)10(6-18)24-15(11)23/h1-4,9-13,15,18-21,23H,5-6,16H2,(H,17,22)/t9-,10+,11+,12+,13+,15?/m0/s1/i/hD. The number of nitrogens with one attached hydrogen (secondary N) is 1. The van der Waals surface area contributed by atoms with E-state index in [1.807, 2.05) is 0 Å². The SMILES string of the molecule is [2H]N[C@@H](Cc1ccc(O)cc1)C(=O)N[C@H]1C(O)O[C@H](CO)[C@@H](O)[C@@H]1O. The van der Waals surface area contributed by atoms with Crippen LogP contribution in [0.4, 0.5) is 0 Å². The highest BCUT2D eigenvalue weighted by Gasteiger charge is 2.44. The first-order valence-electron chi connectivity index (χ1n) is 7.93. The van der Waals surface area contributed by atoms with E-state index in [1.54, 1.807) is 12.1 Å². The van der Waals surface area contributed by atoms with Crippen molar-refractivity contribution >= 4 is 5.91 Å². The van der Waals surface area contributed by atoms with E-state index in [2.05, 4.69) is 11.0 Å². The van der Waals surface area contributed by atoms with Crippen LogP contribution in [0.2, 0.25) is 1.41 Å². The van der Waals surface area contributed by atoms with E-state index >= 15 is 0 Å². The Morgan fingerprint density at radius 3 is 2.54 bits per heavy atom. The molecule has 1 aromatic rings. The molecule has 9 heteroatoms. The van der Waals surface area contributed by atoms with Crippen LogP contribution in [0.5, 0.6) is 5.75 Å². The number of carbonyl (C=O) groups excluding carboxylic acids is 1. The minimum Gasteiger partial charge on any atom is -0.508 e. The third kappa shape index (κ3) is 4.20. The first-order chi connectivity index (χ1) is 11.9. The van der Waals surface area contributed by atoms with Crippen LogP contribution in [0.15, 0.2) is 24.3 Å². The van der Waals surface area contributed by atoms with Crippen molar-refractivity contribution in [2.75, 3.05) is 6.61 Å². The van der Waals surface area contributed by atoms with Gasteiger partial charge in [-0.3, -0.25) is 4.79 Å². The Kier molecular flexibility index (Phi) is 5.61. The van der Waals surface area contributed by atoms with Crippen LogP contribution in [-0.4, -0.2) is 74.7 Å². The summed E-state index contributed by atoms with van der Waals surface area (Å²) < 4.78 is 12.3. The van der Waals surface area contributed by atoms with E-state index in [-0.39, 0.29) is 12.2 Å². The lowest BCUT2D eigenvalue weighted by Gasteiger charge is -2.40. The number of carbonyl (C=O) groups is 1. The number of hydrogen-bond acceptors (Lipinski definition) is 8. The van der Waals surface area contributed by atoms with Crippen LogP contribution < -0.4 is 11.0 Å². The quantitative estimate of drug-likeness (QED) is 0.290. The van der Waals surface area contributed by atoms with Crippen molar-refractivity contribution in [3.63, 3.8) is 0 Å². The molecule has 0 spiro atoms. The third-order valence-corrected chi connectivity index (χ3v) is 3.90. The number of aliphatic hydroxyl groups excluding tert-OH is 4. The molecule has 2 rings (SSSR count). The molecule has 9 nitrogen and oxygen atoms in total. The average Bonchev–Trinajstić information content (AvgIpc) is 2.61. The molecule has 134 valence electrons. The molecule has 0 radical (unpaired) electrons. The molecule has 1 saturated heterocycles. The highest BCUT2D eigenvalue weighted by Crippen LogP contribution is 2.20. The largest absolute Gasteiger partial charge is 0.508 e. The summed E-state index contributed by atoms with van der Waals surface area (Å²) in [6.07, 6.45) is -5.71. The smallest absolute Gasteiger partial charge is 0.237 e. The van der Waals surface area contributed by atoms with E-state index in [4.69, 9.17) is 11.3 Å². The molecule has 0 aromatic heterocycles. The van der Waals surface area contributed by atoms with Gasteiger partial charge in [0.05, 0.1) is 12.6 Å². The number of aromatic hydroxyl groups is 1. The Morgan fingerprint density at radius 2 is 1.96 bits per heavy atom. The van der Waals surface area contributed by atoms with Gasteiger partial charge in [0, 0.05) is 0 Å². The summed E-state index contributed by atoms with van der Waals surface area (Å²) in [6, 6.07) is 3.76. The highest BCUT2D eigenvalue weighted by molar-refractivity contribution is 5.82. The van der Waals surface area contributed by atoms with Gasteiger partial charge in [0.15, 0.2) is 6.29 Å². The van der Waals surface area contributed by atoms with Gasteiger partial charge in [-0.1, -0.05) is 12.1 Å². The van der Waals surface area contributed by atoms with E-state index < -0.39 is 49.2 Å². The Balaban J connectivity index is 2.02. The predicted molar refractivity (Wildman–Crippen MR) is 81.7 cm³/mol. The fourth-order valence-corrected chi connectivity index (χ4v) is 2.48. The van der Waals surface area contributed by atoms with Gasteiger partial charge in [0.1, 0.15) is 31.5 Å². The lowest BCUT2D eigenvalue weighted by atomic mass is 9.96. The molecule has 1 amide bonds. The number of rotatable bonds is 6. The number of nitrogens with two attached hydrogens (primary N) is 1. The molecule has 8 N–H and O–H groups in total. The van der Waals surface area contributed by atoms with Crippen molar-refractivity contribution < 1.29 is 36.5 Å². The summed E-state index contributed by atoms with van der Waals surface area (Å²) in [5.41, 5.74) is 2.76. The van der Waals surface area contributed by atoms with Crippen molar-refractivity contribution in [2.24, 2.45) is 5.73 Å². The second kappa shape index (κ2) is 7.88. The van der Waals surface area contributed by atoms with Crippen LogP contribution >= 0.6 is 0 Å². The van der Waals surface area contributed by atoms with Crippen LogP contribution in [0, 0.1) is 0 Å². The molecule has 1 fully saturated rings. The monoisotopic (exact) mass is 343 g/mol. The summed E-state index contributed by atoms with van der Waals surface area (Å²) in [7, 11) is 0. The van der Waals surface area contributed by atoms with Gasteiger partial charge in [-0.15, -0.1) is 0 Å². The number of phenols is 1. The maximum absolute atomic E-state index is 12.3. The zero-order valence-corrected chi connectivity index (χ0v) is 12.7. The molecular weight excluding hydrogens is 320 g/mol. The van der Waals surface area contributed by atoms with Gasteiger partial charge in [0.25, 0.3) is 0 Å². The maximum atomic E-state index is 12.3. The molecule has 1 aliphatic rings. The summed E-state index contributed by atoms with van der Waals surface area (Å²) in [5, 5.41) is 50.3. The Bertz CT molecular complexity index is 574. The van der Waals surface area contributed by atoms with E-state index in [0.717, 1.165) is 0 Å². The Morgan fingerprint density at radius 1 is 1.29 bits per heavy atom. The molecule has 1 heterocycles. The first kappa shape index (κ1) is 17.1. The van der Waals surface area contributed by atoms with Crippen molar-refractivity contribution in [1.82, 2.24) is 5.32 Å². The van der Waals surface area contributed by atoms with E-state index in [9.17, 15) is 25.2 Å². The maximum Gasteiger partial charge on any atom is 0.237 e. The van der Waals surface area contributed by atoms with Crippen LogP contribution in [-0.2, 0) is 16.0 Å². The first-order valence-corrected chi connectivity index (χ1v) is 7.43. The van der Waals surface area contributed by atoms with Crippen molar-refractivity contribution in [3.8, 4) is 5.75 Å². The second-order valence-electron chi connectivity index (χ2n) is 5.69. The zero-order valence-electron chi connectivity index (χ0n) is 13.7. The number of hydrogen-bond donors (Lipinski definition) is 7. The lowest BCUT2D eigenvalue weighted by molar-refractivity contribution is -0.253. The summed E-state index contributed by atoms with van der Waals surface area (Å²) in [6.45, 7) is -0.603. The van der Waals surface area contributed by atoms with Gasteiger partial charge in [-0.2, -0.15) is 0 Å². The van der Waals surface area contributed by atoms with Crippen LogP contribution in [0.3, 0.4) is 0 Å². The average molecular weight is 343 g/mol. The molecule has 0 bridgehead atoms. The third-order valence-electron chi connectivity index (χ3n) is 3.90. The van der Waals surface area contributed by atoms with Crippen molar-refractivity contribution in [2.45, 2.75) is 43.1 Å². The Hall–Kier alpha value is -1.75. The molecule has 1 aliphatic heterocycles. The molecule has 6 atom stereocenters. The molecule has 1 aromatic carbocycles. The van der Waals surface area contributed by atoms with Gasteiger partial charge in [-0.25, -0.2) is 0 Å². The van der Waals surface area contributed by atoms with Gasteiger partial charge in [0.2, 0.25) is 5.91 Å². The van der Waals surface area contributed by atoms with Crippen molar-refractivity contribution in [3.05, 3.63) is 29.8 Å². The minimum absolute atomic E-state index is 0.0709. The minimum atomic E-state index is -1.63. The summed E-state index contributed by atoms with van der Waals surface area (Å²) >= 11 is 0. The van der Waals surface area contributed by atoms with Gasteiger partial charge in [-0.05, 0) is 24.1 Å². The van der Waals surface area contributed by atoms with Crippen LogP contribution in [0.25, 0.3) is 0 Å². The number of ether oxygens (including phenoxy) is 1. The molecule has 1 unspecified atom stereocenters. The zero-order chi connectivity index (χ0) is 18.6. The number of aliphatic hydroxyl groups is 4. The molecule has 0 aliphatic carbocycles. The van der Waals surface area contributed by atoms with Gasteiger partial charge >= 0.3 is 0 Å². The van der Waals surface area contributed by atoms with Crippen LogP contribution in [0.1, 0.15) is 5.56 Å². The topological polar surface area (TPSA) is 166 Å². The second-order valence-corrected chi connectivity index (χ2v) is 5.69. The van der Waals surface area contributed by atoms with E-state index in [0.29, 0.717) is 5.56 Å². The molecular formula is C15H22N2O7. The fraction of sp³-hybridized carbons (Fsp3) is 0.533. The van der Waals surface area contributed by atoms with E-state index in [1.165, 1.54) is 12.1 Å². The highest BCUT2D eigenvalue weighted by atomic mass is 16.6. The molecule has 0 saturated carbocycles. The predicted octanol–water partition coefficient (Wildman–Crippen LogP) is -2.82. The normalized spacial score (nSPS) is 32.0.